The largest absolute Gasteiger partial charge is 0.326 e. The Morgan fingerprint density at radius 3 is 2.52 bits per heavy atom. The molecule has 0 unspecified atom stereocenters. The van der Waals surface area contributed by atoms with Crippen molar-refractivity contribution in [2.45, 2.75) is 6.54 Å². The number of carbonyl (C=O) groups is 1. The minimum absolute atomic E-state index is 0.307. The van der Waals surface area contributed by atoms with E-state index in [1.165, 1.54) is 24.3 Å². The van der Waals surface area contributed by atoms with Gasteiger partial charge in [0.25, 0.3) is 0 Å². The Hall–Kier alpha value is -3.67. The number of hydrogen-bond donors (Lipinski definition) is 1. The number of urea groups is 1. The second-order valence-electron chi connectivity index (χ2n) is 6.04. The van der Waals surface area contributed by atoms with Crippen LogP contribution < -0.4 is 10.2 Å². The maximum atomic E-state index is 13.1. The predicted molar refractivity (Wildman–Crippen MR) is 103 cm³/mol. The average Bonchev–Trinajstić information content (AvgIpc) is 3.11. The van der Waals surface area contributed by atoms with Gasteiger partial charge in [-0.25, -0.2) is 14.2 Å². The monoisotopic (exact) mass is 360 g/mol. The third kappa shape index (κ3) is 3.64. The molecule has 0 spiro atoms. The van der Waals surface area contributed by atoms with E-state index in [0.717, 1.165) is 17.0 Å². The smallest absolute Gasteiger partial charge is 0.308 e. The predicted octanol–water partition coefficient (Wildman–Crippen LogP) is 4.71. The lowest BCUT2D eigenvalue weighted by Gasteiger charge is -2.23. The van der Waals surface area contributed by atoms with Crippen LogP contribution in [-0.4, -0.2) is 15.4 Å². The summed E-state index contributed by atoms with van der Waals surface area (Å²) >= 11 is 0. The number of halogens is 1. The van der Waals surface area contributed by atoms with Crippen LogP contribution in [0.4, 0.5) is 20.6 Å². The fraction of sp³-hybridized carbons (Fsp3) is 0.0476. The SMILES string of the molecule is O=C(Nc1ccc(F)cc1)N(Cc1cnc2ccccn12)c1ccccc1. The van der Waals surface area contributed by atoms with E-state index in [2.05, 4.69) is 10.3 Å². The second kappa shape index (κ2) is 7.29. The molecular formula is C21H17FN4O. The molecule has 2 heterocycles. The van der Waals surface area contributed by atoms with E-state index in [0.29, 0.717) is 12.2 Å². The highest BCUT2D eigenvalue weighted by Gasteiger charge is 2.18. The van der Waals surface area contributed by atoms with Crippen LogP contribution in [0.1, 0.15) is 5.69 Å². The van der Waals surface area contributed by atoms with E-state index in [-0.39, 0.29) is 11.8 Å². The van der Waals surface area contributed by atoms with Gasteiger partial charge in [0, 0.05) is 17.6 Å². The number of amides is 2. The van der Waals surface area contributed by atoms with E-state index in [9.17, 15) is 9.18 Å². The van der Waals surface area contributed by atoms with Crippen molar-refractivity contribution >= 4 is 23.1 Å². The quantitative estimate of drug-likeness (QED) is 0.573. The van der Waals surface area contributed by atoms with Gasteiger partial charge in [-0.1, -0.05) is 24.3 Å². The topological polar surface area (TPSA) is 49.6 Å². The minimum Gasteiger partial charge on any atom is -0.308 e. The molecule has 2 aromatic heterocycles. The molecule has 0 radical (unpaired) electrons. The number of imidazole rings is 1. The summed E-state index contributed by atoms with van der Waals surface area (Å²) in [7, 11) is 0. The molecule has 2 amide bonds. The Morgan fingerprint density at radius 2 is 1.74 bits per heavy atom. The molecule has 27 heavy (non-hydrogen) atoms. The van der Waals surface area contributed by atoms with Crippen LogP contribution in [-0.2, 0) is 6.54 Å². The number of hydrogen-bond acceptors (Lipinski definition) is 2. The van der Waals surface area contributed by atoms with Crippen LogP contribution in [0.15, 0.2) is 85.2 Å². The van der Waals surface area contributed by atoms with Crippen molar-refractivity contribution in [2.24, 2.45) is 0 Å². The number of nitrogens with one attached hydrogen (secondary N) is 1. The maximum absolute atomic E-state index is 13.1. The number of para-hydroxylation sites is 1. The first kappa shape index (κ1) is 16.8. The number of carbonyl (C=O) groups excluding carboxylic acids is 1. The van der Waals surface area contributed by atoms with Crippen LogP contribution in [0, 0.1) is 5.82 Å². The lowest BCUT2D eigenvalue weighted by molar-refractivity contribution is 0.256. The van der Waals surface area contributed by atoms with Gasteiger partial charge in [0.05, 0.1) is 18.4 Å². The van der Waals surface area contributed by atoms with Gasteiger partial charge in [-0.15, -0.1) is 0 Å². The number of benzene rings is 2. The molecule has 0 aliphatic rings. The number of rotatable bonds is 4. The lowest BCUT2D eigenvalue weighted by Crippen LogP contribution is -2.34. The van der Waals surface area contributed by atoms with Gasteiger partial charge < -0.3 is 9.72 Å². The molecule has 0 saturated heterocycles. The Morgan fingerprint density at radius 1 is 1.00 bits per heavy atom. The first-order valence-corrected chi connectivity index (χ1v) is 8.51. The molecule has 0 saturated carbocycles. The summed E-state index contributed by atoms with van der Waals surface area (Å²) in [6.07, 6.45) is 3.68. The van der Waals surface area contributed by atoms with Crippen molar-refractivity contribution in [3.8, 4) is 0 Å². The van der Waals surface area contributed by atoms with Crippen LogP contribution in [0.2, 0.25) is 0 Å². The molecule has 5 nitrogen and oxygen atoms in total. The first-order valence-electron chi connectivity index (χ1n) is 8.51. The van der Waals surface area contributed by atoms with Gasteiger partial charge in [-0.3, -0.25) is 4.90 Å². The minimum atomic E-state index is -0.348. The molecule has 134 valence electrons. The van der Waals surface area contributed by atoms with Gasteiger partial charge in [-0.05, 0) is 48.5 Å². The molecule has 0 fully saturated rings. The Kier molecular flexibility index (Phi) is 4.53. The molecule has 4 aromatic rings. The average molecular weight is 360 g/mol. The standard InChI is InChI=1S/C21H17FN4O/c22-16-9-11-17(12-10-16)24-21(27)26(18-6-2-1-3-7-18)15-19-14-23-20-8-4-5-13-25(19)20/h1-14H,15H2,(H,24,27). The fourth-order valence-corrected chi connectivity index (χ4v) is 2.88. The zero-order chi connectivity index (χ0) is 18.6. The molecule has 4 rings (SSSR count). The lowest BCUT2D eigenvalue weighted by atomic mass is 10.2. The summed E-state index contributed by atoms with van der Waals surface area (Å²) in [4.78, 5) is 19.0. The van der Waals surface area contributed by atoms with Gasteiger partial charge in [0.2, 0.25) is 0 Å². The number of anilines is 2. The van der Waals surface area contributed by atoms with Crippen molar-refractivity contribution < 1.29 is 9.18 Å². The van der Waals surface area contributed by atoms with Gasteiger partial charge in [-0.2, -0.15) is 0 Å². The van der Waals surface area contributed by atoms with Crippen molar-refractivity contribution in [3.63, 3.8) is 0 Å². The molecule has 0 aliphatic carbocycles. The summed E-state index contributed by atoms with van der Waals surface area (Å²) in [6, 6.07) is 20.5. The maximum Gasteiger partial charge on any atom is 0.326 e. The molecule has 0 aliphatic heterocycles. The molecule has 0 atom stereocenters. The summed E-state index contributed by atoms with van der Waals surface area (Å²) in [5.41, 5.74) is 2.98. The summed E-state index contributed by atoms with van der Waals surface area (Å²) in [5.74, 6) is -0.348. The van der Waals surface area contributed by atoms with Crippen molar-refractivity contribution in [1.82, 2.24) is 9.38 Å². The van der Waals surface area contributed by atoms with Gasteiger partial charge in [0.15, 0.2) is 0 Å². The summed E-state index contributed by atoms with van der Waals surface area (Å²) in [6.45, 7) is 0.336. The van der Waals surface area contributed by atoms with E-state index in [4.69, 9.17) is 0 Å². The molecule has 6 heteroatoms. The summed E-state index contributed by atoms with van der Waals surface area (Å²) < 4.78 is 15.1. The normalized spacial score (nSPS) is 10.7. The third-order valence-corrected chi connectivity index (χ3v) is 4.22. The summed E-state index contributed by atoms with van der Waals surface area (Å²) in [5, 5.41) is 2.82. The van der Waals surface area contributed by atoms with Gasteiger partial charge in [0.1, 0.15) is 11.5 Å². The van der Waals surface area contributed by atoms with Crippen LogP contribution in [0.5, 0.6) is 0 Å². The number of pyridine rings is 1. The highest BCUT2D eigenvalue weighted by atomic mass is 19.1. The van der Waals surface area contributed by atoms with Crippen molar-refractivity contribution in [3.05, 3.63) is 96.7 Å². The highest BCUT2D eigenvalue weighted by Crippen LogP contribution is 2.20. The van der Waals surface area contributed by atoms with Crippen LogP contribution in [0.3, 0.4) is 0 Å². The second-order valence-corrected chi connectivity index (χ2v) is 6.04. The van der Waals surface area contributed by atoms with E-state index < -0.39 is 0 Å². The number of nitrogens with zero attached hydrogens (tertiary/aromatic N) is 3. The number of fused-ring (bicyclic) bond motifs is 1. The highest BCUT2D eigenvalue weighted by molar-refractivity contribution is 6.01. The Labute approximate surface area is 155 Å². The van der Waals surface area contributed by atoms with Crippen molar-refractivity contribution in [2.75, 3.05) is 10.2 Å². The first-order chi connectivity index (χ1) is 13.2. The number of aromatic nitrogens is 2. The Balaban J connectivity index is 1.64. The van der Waals surface area contributed by atoms with Crippen LogP contribution in [0.25, 0.3) is 5.65 Å². The van der Waals surface area contributed by atoms with E-state index in [1.807, 2.05) is 59.1 Å². The molecule has 2 aromatic carbocycles. The van der Waals surface area contributed by atoms with E-state index in [1.54, 1.807) is 11.1 Å². The third-order valence-electron chi connectivity index (χ3n) is 4.22. The molecular weight excluding hydrogens is 343 g/mol. The van der Waals surface area contributed by atoms with Crippen LogP contribution >= 0.6 is 0 Å². The van der Waals surface area contributed by atoms with Gasteiger partial charge >= 0.3 is 6.03 Å². The molecule has 0 bridgehead atoms. The molecule has 1 N–H and O–H groups in total. The zero-order valence-electron chi connectivity index (χ0n) is 14.4. The fourth-order valence-electron chi connectivity index (χ4n) is 2.88. The van der Waals surface area contributed by atoms with E-state index >= 15 is 0 Å². The van der Waals surface area contributed by atoms with Crippen molar-refractivity contribution in [1.29, 1.82) is 0 Å². The zero-order valence-corrected chi connectivity index (χ0v) is 14.4. The Bertz CT molecular complexity index is 1060.